The number of amides is 4. The van der Waals surface area contributed by atoms with E-state index in [0.29, 0.717) is 38.6 Å². The maximum atomic E-state index is 13.0. The normalized spacial score (nSPS) is 13.9. The smallest absolute Gasteiger partial charge is 0.404 e. The Labute approximate surface area is 261 Å². The summed E-state index contributed by atoms with van der Waals surface area (Å²) in [6.07, 6.45) is -0.0348. The van der Waals surface area contributed by atoms with Crippen molar-refractivity contribution in [1.82, 2.24) is 21.3 Å². The lowest BCUT2D eigenvalue weighted by molar-refractivity contribution is -0.131. The summed E-state index contributed by atoms with van der Waals surface area (Å²) >= 11 is 0. The molecule has 10 nitrogen and oxygen atoms in total. The molecule has 0 fully saturated rings. The molecule has 10 heteroatoms. The van der Waals surface area contributed by atoms with Crippen LogP contribution in [0.4, 0.5) is 4.79 Å². The van der Waals surface area contributed by atoms with Crippen LogP contribution in [0.25, 0.3) is 0 Å². The predicted octanol–water partition coefficient (Wildman–Crippen LogP) is 4.16. The molecule has 0 saturated carbocycles. The number of carbonyl (C=O) groups is 4. The number of rotatable bonds is 19. The molecule has 6 N–H and O–H groups in total. The van der Waals surface area contributed by atoms with Gasteiger partial charge in [-0.2, -0.15) is 0 Å². The third kappa shape index (κ3) is 15.0. The average Bonchev–Trinajstić information content (AvgIpc) is 2.95. The SMILES string of the molecule is CC(C)C[C@H](NC(=O)C[C@H](O)[C@H](CC(C)C)NC(=O)CCC[C@@H](Cc1ccccc1)NC(=O)O)C(=O)NCc1ccccc1. The van der Waals surface area contributed by atoms with E-state index in [2.05, 4.69) is 21.3 Å². The Bertz CT molecular complexity index is 1160. The minimum Gasteiger partial charge on any atom is -0.465 e. The number of hydrogen-bond donors (Lipinski definition) is 6. The molecule has 44 heavy (non-hydrogen) atoms. The van der Waals surface area contributed by atoms with E-state index < -0.39 is 30.2 Å². The molecule has 0 spiro atoms. The van der Waals surface area contributed by atoms with Gasteiger partial charge in [-0.05, 0) is 55.1 Å². The van der Waals surface area contributed by atoms with Crippen molar-refractivity contribution in [3.05, 3.63) is 71.8 Å². The summed E-state index contributed by atoms with van der Waals surface area (Å²) in [5.41, 5.74) is 1.95. The molecule has 0 aliphatic heterocycles. The Hall–Kier alpha value is -3.92. The van der Waals surface area contributed by atoms with E-state index in [0.717, 1.165) is 11.1 Å². The van der Waals surface area contributed by atoms with Crippen molar-refractivity contribution in [3.63, 3.8) is 0 Å². The van der Waals surface area contributed by atoms with Crippen molar-refractivity contribution in [2.24, 2.45) is 11.8 Å². The van der Waals surface area contributed by atoms with Gasteiger partial charge in [0, 0.05) is 19.0 Å². The first-order valence-electron chi connectivity index (χ1n) is 15.5. The minimum atomic E-state index is -1.15. The molecule has 2 rings (SSSR count). The van der Waals surface area contributed by atoms with Gasteiger partial charge in [-0.1, -0.05) is 88.4 Å². The molecular weight excluding hydrogens is 560 g/mol. The third-order valence-corrected chi connectivity index (χ3v) is 7.21. The molecule has 2 aromatic carbocycles. The summed E-state index contributed by atoms with van der Waals surface area (Å²) < 4.78 is 0. The van der Waals surface area contributed by atoms with Crippen molar-refractivity contribution in [2.45, 2.75) is 103 Å². The number of hydrogen-bond acceptors (Lipinski definition) is 5. The second kappa shape index (κ2) is 19.4. The Morgan fingerprint density at radius 2 is 1.34 bits per heavy atom. The standard InChI is InChI=1S/C34H50N4O6/c1-23(2)18-28(37-31(40)17-11-16-27(36-34(43)44)20-25-12-7-5-8-13-25)30(39)21-32(41)38-29(19-24(3)4)33(42)35-22-26-14-9-6-10-15-26/h5-10,12-15,23-24,27-30,36,39H,11,16-22H2,1-4H3,(H,35,42)(H,37,40)(H,38,41)(H,43,44)/t27-,28-,29-,30-/m0/s1. The summed E-state index contributed by atoms with van der Waals surface area (Å²) in [6, 6.07) is 17.3. The van der Waals surface area contributed by atoms with Gasteiger partial charge >= 0.3 is 6.09 Å². The lowest BCUT2D eigenvalue weighted by Gasteiger charge is -2.27. The molecule has 4 amide bonds. The molecule has 0 unspecified atom stereocenters. The molecule has 0 heterocycles. The molecule has 242 valence electrons. The summed E-state index contributed by atoms with van der Waals surface area (Å²) in [5, 5.41) is 31.3. The maximum Gasteiger partial charge on any atom is 0.404 e. The van der Waals surface area contributed by atoms with Gasteiger partial charge in [0.1, 0.15) is 6.04 Å². The van der Waals surface area contributed by atoms with Gasteiger partial charge in [-0.25, -0.2) is 4.79 Å². The number of nitrogens with one attached hydrogen (secondary N) is 4. The summed E-state index contributed by atoms with van der Waals surface area (Å²) in [5.74, 6) is -0.740. The van der Waals surface area contributed by atoms with Gasteiger partial charge in [0.2, 0.25) is 17.7 Å². The highest BCUT2D eigenvalue weighted by atomic mass is 16.4. The van der Waals surface area contributed by atoms with Crippen LogP contribution in [0.1, 0.15) is 77.3 Å². The first-order chi connectivity index (χ1) is 20.9. The van der Waals surface area contributed by atoms with Gasteiger partial charge in [0.05, 0.1) is 18.6 Å². The monoisotopic (exact) mass is 610 g/mol. The summed E-state index contributed by atoms with van der Waals surface area (Å²) in [6.45, 7) is 8.21. The molecule has 0 radical (unpaired) electrons. The van der Waals surface area contributed by atoms with Gasteiger partial charge in [0.25, 0.3) is 0 Å². The average molecular weight is 611 g/mol. The zero-order chi connectivity index (χ0) is 32.5. The number of aliphatic hydroxyl groups is 1. The molecule has 4 atom stereocenters. The lowest BCUT2D eigenvalue weighted by atomic mass is 9.96. The van der Waals surface area contributed by atoms with Crippen LogP contribution in [0.5, 0.6) is 0 Å². The fraction of sp³-hybridized carbons (Fsp3) is 0.529. The van der Waals surface area contributed by atoms with Gasteiger partial charge < -0.3 is 31.5 Å². The predicted molar refractivity (Wildman–Crippen MR) is 171 cm³/mol. The van der Waals surface area contributed by atoms with E-state index in [-0.39, 0.29) is 42.5 Å². The first kappa shape index (κ1) is 36.3. The Morgan fingerprint density at radius 1 is 0.750 bits per heavy atom. The number of aliphatic hydroxyl groups excluding tert-OH is 1. The Morgan fingerprint density at radius 3 is 1.91 bits per heavy atom. The number of carbonyl (C=O) groups excluding carboxylic acids is 3. The van der Waals surface area contributed by atoms with E-state index in [1.807, 2.05) is 88.4 Å². The molecule has 0 saturated heterocycles. The van der Waals surface area contributed by atoms with Crippen LogP contribution in [-0.4, -0.2) is 58.3 Å². The van der Waals surface area contributed by atoms with Gasteiger partial charge in [0.15, 0.2) is 0 Å². The van der Waals surface area contributed by atoms with E-state index in [1.165, 1.54) is 0 Å². The van der Waals surface area contributed by atoms with E-state index in [4.69, 9.17) is 0 Å². The first-order valence-corrected chi connectivity index (χ1v) is 15.5. The van der Waals surface area contributed by atoms with Crippen LogP contribution in [0.2, 0.25) is 0 Å². The highest BCUT2D eigenvalue weighted by Crippen LogP contribution is 2.14. The van der Waals surface area contributed by atoms with Crippen LogP contribution in [-0.2, 0) is 27.3 Å². The van der Waals surface area contributed by atoms with Crippen LogP contribution in [0.15, 0.2) is 60.7 Å². The highest BCUT2D eigenvalue weighted by Gasteiger charge is 2.28. The Balaban J connectivity index is 1.91. The topological polar surface area (TPSA) is 157 Å². The van der Waals surface area contributed by atoms with Crippen LogP contribution < -0.4 is 21.3 Å². The van der Waals surface area contributed by atoms with Crippen LogP contribution >= 0.6 is 0 Å². The van der Waals surface area contributed by atoms with Crippen molar-refractivity contribution in [1.29, 1.82) is 0 Å². The van der Waals surface area contributed by atoms with Gasteiger partial charge in [-0.15, -0.1) is 0 Å². The van der Waals surface area contributed by atoms with Gasteiger partial charge in [-0.3, -0.25) is 14.4 Å². The molecule has 0 aliphatic rings. The second-order valence-corrected chi connectivity index (χ2v) is 12.3. The second-order valence-electron chi connectivity index (χ2n) is 12.3. The van der Waals surface area contributed by atoms with Crippen molar-refractivity contribution in [2.75, 3.05) is 0 Å². The fourth-order valence-electron chi connectivity index (χ4n) is 5.10. The molecule has 0 bridgehead atoms. The molecule has 0 aliphatic carbocycles. The quantitative estimate of drug-likeness (QED) is 0.140. The molecule has 0 aromatic heterocycles. The number of benzene rings is 2. The van der Waals surface area contributed by atoms with Crippen molar-refractivity contribution in [3.8, 4) is 0 Å². The van der Waals surface area contributed by atoms with E-state index in [9.17, 15) is 29.4 Å². The molecule has 2 aromatic rings. The van der Waals surface area contributed by atoms with E-state index in [1.54, 1.807) is 0 Å². The third-order valence-electron chi connectivity index (χ3n) is 7.21. The van der Waals surface area contributed by atoms with E-state index >= 15 is 0 Å². The highest BCUT2D eigenvalue weighted by molar-refractivity contribution is 5.87. The minimum absolute atomic E-state index is 0.144. The summed E-state index contributed by atoms with van der Waals surface area (Å²) in [4.78, 5) is 50.0. The largest absolute Gasteiger partial charge is 0.465 e. The zero-order valence-corrected chi connectivity index (χ0v) is 26.4. The Kier molecular flexibility index (Phi) is 16.0. The number of carboxylic acid groups (broad SMARTS) is 1. The lowest BCUT2D eigenvalue weighted by Crippen LogP contribution is -2.50. The van der Waals surface area contributed by atoms with Crippen LogP contribution in [0, 0.1) is 11.8 Å². The van der Waals surface area contributed by atoms with Crippen molar-refractivity contribution < 1.29 is 29.4 Å². The van der Waals surface area contributed by atoms with Crippen LogP contribution in [0.3, 0.4) is 0 Å². The maximum absolute atomic E-state index is 13.0. The van der Waals surface area contributed by atoms with Crippen molar-refractivity contribution >= 4 is 23.8 Å². The molecular formula is C34H50N4O6. The zero-order valence-electron chi connectivity index (χ0n) is 26.4. The fourth-order valence-corrected chi connectivity index (χ4v) is 5.10. The summed E-state index contributed by atoms with van der Waals surface area (Å²) in [7, 11) is 0.